The number of rotatable bonds is 4. The van der Waals surface area contributed by atoms with Crippen molar-refractivity contribution < 1.29 is 9.90 Å². The zero-order valence-corrected chi connectivity index (χ0v) is 11.7. The molecule has 4 heteroatoms. The van der Waals surface area contributed by atoms with Crippen molar-refractivity contribution in [2.75, 3.05) is 13.1 Å². The summed E-state index contributed by atoms with van der Waals surface area (Å²) < 4.78 is 0. The molecule has 0 saturated carbocycles. The minimum Gasteiger partial charge on any atom is -0.480 e. The van der Waals surface area contributed by atoms with Crippen molar-refractivity contribution in [2.24, 2.45) is 11.3 Å². The van der Waals surface area contributed by atoms with Gasteiger partial charge in [0.25, 0.3) is 0 Å². The zero-order valence-electron chi connectivity index (χ0n) is 11.7. The quantitative estimate of drug-likeness (QED) is 0.914. The van der Waals surface area contributed by atoms with Crippen LogP contribution in [0.4, 0.5) is 0 Å². The van der Waals surface area contributed by atoms with Crippen molar-refractivity contribution in [1.29, 1.82) is 5.26 Å². The van der Waals surface area contributed by atoms with Gasteiger partial charge < -0.3 is 5.11 Å². The van der Waals surface area contributed by atoms with Crippen LogP contribution < -0.4 is 0 Å². The van der Waals surface area contributed by atoms with E-state index in [4.69, 9.17) is 5.26 Å². The average molecular weight is 272 g/mol. The fourth-order valence-corrected chi connectivity index (χ4v) is 2.82. The second-order valence-corrected chi connectivity index (χ2v) is 5.66. The summed E-state index contributed by atoms with van der Waals surface area (Å²) in [5.74, 6) is -1.06. The first-order valence-electron chi connectivity index (χ1n) is 6.97. The molecule has 2 rings (SSSR count). The molecule has 0 aromatic heterocycles. The molecular formula is C16H20N2O2. The molecule has 1 N–H and O–H groups in total. The third kappa shape index (κ3) is 3.00. The summed E-state index contributed by atoms with van der Waals surface area (Å²) in [6.07, 6.45) is 1.53. The third-order valence-corrected chi connectivity index (χ3v) is 4.33. The van der Waals surface area contributed by atoms with Crippen LogP contribution in [0, 0.1) is 22.7 Å². The number of likely N-dealkylation sites (tertiary alicyclic amines) is 1. The highest BCUT2D eigenvalue weighted by Crippen LogP contribution is 2.35. The lowest BCUT2D eigenvalue weighted by Gasteiger charge is -2.36. The van der Waals surface area contributed by atoms with Gasteiger partial charge in [0.05, 0.1) is 6.07 Å². The van der Waals surface area contributed by atoms with E-state index in [9.17, 15) is 9.90 Å². The molecule has 20 heavy (non-hydrogen) atoms. The van der Waals surface area contributed by atoms with E-state index >= 15 is 0 Å². The lowest BCUT2D eigenvalue weighted by atomic mass is 9.73. The summed E-state index contributed by atoms with van der Waals surface area (Å²) in [7, 11) is 0. The fraction of sp³-hybridized carbons (Fsp3) is 0.500. The molecule has 1 fully saturated rings. The van der Waals surface area contributed by atoms with Crippen molar-refractivity contribution in [3.8, 4) is 6.07 Å². The molecule has 0 aliphatic carbocycles. The highest BCUT2D eigenvalue weighted by Gasteiger charge is 2.43. The highest BCUT2D eigenvalue weighted by molar-refractivity contribution is 5.77. The Morgan fingerprint density at radius 1 is 1.40 bits per heavy atom. The van der Waals surface area contributed by atoms with Crippen LogP contribution in [0.2, 0.25) is 0 Å². The Hall–Kier alpha value is -1.86. The molecule has 4 nitrogen and oxygen atoms in total. The lowest BCUT2D eigenvalue weighted by molar-refractivity contribution is -0.148. The molecule has 0 bridgehead atoms. The average Bonchev–Trinajstić information content (AvgIpc) is 2.48. The maximum Gasteiger partial charge on any atom is 0.324 e. The van der Waals surface area contributed by atoms with Gasteiger partial charge in [-0.15, -0.1) is 0 Å². The minimum atomic E-state index is -1.25. The van der Waals surface area contributed by atoms with Crippen LogP contribution in [0.15, 0.2) is 30.3 Å². The van der Waals surface area contributed by atoms with Crippen LogP contribution in [-0.2, 0) is 11.3 Å². The molecular weight excluding hydrogens is 252 g/mol. The monoisotopic (exact) mass is 272 g/mol. The van der Waals surface area contributed by atoms with Crippen molar-refractivity contribution in [3.63, 3.8) is 0 Å². The van der Waals surface area contributed by atoms with Gasteiger partial charge >= 0.3 is 5.97 Å². The first-order chi connectivity index (χ1) is 9.56. The Morgan fingerprint density at radius 2 is 2.00 bits per heavy atom. The Labute approximate surface area is 119 Å². The summed E-state index contributed by atoms with van der Waals surface area (Å²) in [5, 5.41) is 18.4. The number of carboxylic acid groups (broad SMARTS) is 1. The van der Waals surface area contributed by atoms with Crippen molar-refractivity contribution >= 4 is 5.97 Å². The number of benzene rings is 1. The Morgan fingerprint density at radius 3 is 2.50 bits per heavy atom. The van der Waals surface area contributed by atoms with E-state index in [1.54, 1.807) is 6.92 Å². The SMILES string of the molecule is CC(C#N)(C(=O)O)C1CCN(Cc2ccccc2)CC1. The normalized spacial score (nSPS) is 20.0. The summed E-state index contributed by atoms with van der Waals surface area (Å²) in [6.45, 7) is 4.14. The van der Waals surface area contributed by atoms with Gasteiger partial charge in [-0.1, -0.05) is 30.3 Å². The molecule has 106 valence electrons. The van der Waals surface area contributed by atoms with Gasteiger partial charge in [-0.3, -0.25) is 9.69 Å². The number of hydrogen-bond acceptors (Lipinski definition) is 3. The summed E-state index contributed by atoms with van der Waals surface area (Å²) in [5.41, 5.74) is 0.0194. The molecule has 1 aromatic carbocycles. The van der Waals surface area contributed by atoms with Crippen LogP contribution in [0.5, 0.6) is 0 Å². The van der Waals surface area contributed by atoms with Gasteiger partial charge in [-0.05, 0) is 44.3 Å². The topological polar surface area (TPSA) is 64.3 Å². The Kier molecular flexibility index (Phi) is 4.41. The van der Waals surface area contributed by atoms with Crippen LogP contribution in [0.1, 0.15) is 25.3 Å². The number of nitrogens with zero attached hydrogens (tertiary/aromatic N) is 2. The second kappa shape index (κ2) is 6.06. The van der Waals surface area contributed by atoms with Crippen molar-refractivity contribution in [3.05, 3.63) is 35.9 Å². The lowest BCUT2D eigenvalue weighted by Crippen LogP contribution is -2.42. The minimum absolute atomic E-state index is 0.0583. The predicted molar refractivity (Wildman–Crippen MR) is 75.8 cm³/mol. The number of hydrogen-bond donors (Lipinski definition) is 1. The van der Waals surface area contributed by atoms with Crippen LogP contribution in [0.3, 0.4) is 0 Å². The first kappa shape index (κ1) is 14.5. The van der Waals surface area contributed by atoms with Crippen LogP contribution in [-0.4, -0.2) is 29.1 Å². The highest BCUT2D eigenvalue weighted by atomic mass is 16.4. The maximum absolute atomic E-state index is 11.3. The van der Waals surface area contributed by atoms with Crippen molar-refractivity contribution in [2.45, 2.75) is 26.3 Å². The molecule has 0 spiro atoms. The molecule has 1 aliphatic rings. The number of piperidine rings is 1. The summed E-state index contributed by atoms with van der Waals surface area (Å²) >= 11 is 0. The standard InChI is InChI=1S/C16H20N2O2/c1-16(12-17,15(19)20)14-7-9-18(10-8-14)11-13-5-3-2-4-6-13/h2-6,14H,7-11H2,1H3,(H,19,20). The zero-order chi connectivity index (χ0) is 14.6. The van der Waals surface area contributed by atoms with Crippen molar-refractivity contribution in [1.82, 2.24) is 4.90 Å². The smallest absolute Gasteiger partial charge is 0.324 e. The van der Waals surface area contributed by atoms with E-state index < -0.39 is 11.4 Å². The Bertz CT molecular complexity index is 501. The largest absolute Gasteiger partial charge is 0.480 e. The third-order valence-electron chi connectivity index (χ3n) is 4.33. The fourth-order valence-electron chi connectivity index (χ4n) is 2.82. The van der Waals surface area contributed by atoms with Gasteiger partial charge in [0.15, 0.2) is 5.41 Å². The molecule has 1 heterocycles. The maximum atomic E-state index is 11.3. The first-order valence-corrected chi connectivity index (χ1v) is 6.97. The molecule has 0 amide bonds. The van der Waals surface area contributed by atoms with E-state index in [0.717, 1.165) is 32.5 Å². The number of carboxylic acids is 1. The van der Waals surface area contributed by atoms with Gasteiger partial charge in [-0.2, -0.15) is 5.26 Å². The van der Waals surface area contributed by atoms with E-state index in [2.05, 4.69) is 17.0 Å². The molecule has 1 atom stereocenters. The van der Waals surface area contributed by atoms with E-state index in [0.29, 0.717) is 0 Å². The molecule has 1 unspecified atom stereocenters. The summed E-state index contributed by atoms with van der Waals surface area (Å²) in [4.78, 5) is 13.6. The molecule has 1 aromatic rings. The van der Waals surface area contributed by atoms with Crippen LogP contribution >= 0.6 is 0 Å². The predicted octanol–water partition coefficient (Wildman–Crippen LogP) is 2.51. The molecule has 0 radical (unpaired) electrons. The number of carbonyl (C=O) groups is 1. The Balaban J connectivity index is 1.93. The van der Waals surface area contributed by atoms with E-state index in [-0.39, 0.29) is 5.92 Å². The second-order valence-electron chi connectivity index (χ2n) is 5.66. The number of nitriles is 1. The van der Waals surface area contributed by atoms with Crippen LogP contribution in [0.25, 0.3) is 0 Å². The van der Waals surface area contributed by atoms with Gasteiger partial charge in [-0.25, -0.2) is 0 Å². The van der Waals surface area contributed by atoms with Gasteiger partial charge in [0.2, 0.25) is 0 Å². The van der Waals surface area contributed by atoms with E-state index in [1.807, 2.05) is 24.3 Å². The van der Waals surface area contributed by atoms with Gasteiger partial charge in [0.1, 0.15) is 0 Å². The van der Waals surface area contributed by atoms with E-state index in [1.165, 1.54) is 5.56 Å². The molecule has 1 saturated heterocycles. The summed E-state index contributed by atoms with van der Waals surface area (Å²) in [6, 6.07) is 12.2. The number of aliphatic carboxylic acids is 1. The molecule has 1 aliphatic heterocycles. The van der Waals surface area contributed by atoms with Gasteiger partial charge in [0, 0.05) is 6.54 Å².